The van der Waals surface area contributed by atoms with E-state index in [0.717, 1.165) is 26.1 Å². The quantitative estimate of drug-likeness (QED) is 0.901. The van der Waals surface area contributed by atoms with Gasteiger partial charge in [0, 0.05) is 45.6 Å². The molecule has 122 valence electrons. The van der Waals surface area contributed by atoms with Crippen molar-refractivity contribution < 1.29 is 9.59 Å². The molecule has 0 aromatic heterocycles. The first-order chi connectivity index (χ1) is 11.1. The summed E-state index contributed by atoms with van der Waals surface area (Å²) < 4.78 is 0. The summed E-state index contributed by atoms with van der Waals surface area (Å²) in [6.07, 6.45) is 1.73. The molecule has 1 unspecified atom stereocenters. The molecule has 0 radical (unpaired) electrons. The number of hydrogen-bond acceptors (Lipinski definition) is 4. The van der Waals surface area contributed by atoms with Crippen LogP contribution in [0.4, 0.5) is 0 Å². The first-order valence-corrected chi connectivity index (χ1v) is 8.03. The van der Waals surface area contributed by atoms with Gasteiger partial charge in [0.25, 0.3) is 5.91 Å². The first kappa shape index (κ1) is 15.7. The number of nitrogens with one attached hydrogen (secondary N) is 1. The average molecular weight is 314 g/mol. The molecule has 1 N–H and O–H groups in total. The van der Waals surface area contributed by atoms with Crippen LogP contribution in [0.25, 0.3) is 0 Å². The van der Waals surface area contributed by atoms with E-state index in [0.29, 0.717) is 18.6 Å². The Morgan fingerprint density at radius 2 is 2.09 bits per heavy atom. The molecule has 0 spiro atoms. The van der Waals surface area contributed by atoms with Crippen LogP contribution in [0.5, 0.6) is 0 Å². The Morgan fingerprint density at radius 1 is 1.30 bits per heavy atom. The van der Waals surface area contributed by atoms with Gasteiger partial charge < -0.3 is 5.32 Å². The van der Waals surface area contributed by atoms with E-state index in [1.807, 2.05) is 18.2 Å². The van der Waals surface area contributed by atoms with E-state index in [2.05, 4.69) is 27.5 Å². The zero-order chi connectivity index (χ0) is 16.2. The van der Waals surface area contributed by atoms with Crippen molar-refractivity contribution in [1.82, 2.24) is 15.2 Å². The molecule has 2 amide bonds. The molecule has 6 nitrogen and oxygen atoms in total. The summed E-state index contributed by atoms with van der Waals surface area (Å²) in [6.45, 7) is 2.73. The average Bonchev–Trinajstić information content (AvgIpc) is 2.98. The topological polar surface area (TPSA) is 65.0 Å². The van der Waals surface area contributed by atoms with Gasteiger partial charge in [-0.2, -0.15) is 5.10 Å². The van der Waals surface area contributed by atoms with Gasteiger partial charge in [0.2, 0.25) is 5.91 Å². The highest BCUT2D eigenvalue weighted by molar-refractivity contribution is 6.39. The summed E-state index contributed by atoms with van der Waals surface area (Å²) in [5.41, 5.74) is 1.74. The highest BCUT2D eigenvalue weighted by Crippen LogP contribution is 2.14. The van der Waals surface area contributed by atoms with Crippen LogP contribution in [-0.4, -0.2) is 53.6 Å². The highest BCUT2D eigenvalue weighted by Gasteiger charge is 2.27. The highest BCUT2D eigenvalue weighted by atomic mass is 16.2. The Hall–Kier alpha value is -2.21. The maximum atomic E-state index is 12.3. The molecule has 1 aromatic carbocycles. The fraction of sp³-hybridized carbons (Fsp3) is 0.471. The first-order valence-electron chi connectivity index (χ1n) is 8.03. The van der Waals surface area contributed by atoms with Crippen LogP contribution in [0.2, 0.25) is 0 Å². The van der Waals surface area contributed by atoms with Gasteiger partial charge in [0.05, 0.1) is 0 Å². The zero-order valence-electron chi connectivity index (χ0n) is 13.4. The number of likely N-dealkylation sites (tertiary alicyclic amines) is 1. The normalized spacial score (nSPS) is 22.1. The molecule has 1 atom stereocenters. The lowest BCUT2D eigenvalue weighted by molar-refractivity contribution is -0.130. The molecule has 1 aromatic rings. The van der Waals surface area contributed by atoms with E-state index in [1.54, 1.807) is 7.05 Å². The zero-order valence-corrected chi connectivity index (χ0v) is 13.4. The number of benzene rings is 1. The monoisotopic (exact) mass is 314 g/mol. The van der Waals surface area contributed by atoms with Gasteiger partial charge in [-0.05, 0) is 12.0 Å². The van der Waals surface area contributed by atoms with E-state index in [-0.39, 0.29) is 17.9 Å². The fourth-order valence-electron chi connectivity index (χ4n) is 3.04. The maximum absolute atomic E-state index is 12.3. The van der Waals surface area contributed by atoms with Crippen molar-refractivity contribution in [3.63, 3.8) is 0 Å². The van der Waals surface area contributed by atoms with Crippen molar-refractivity contribution in [2.24, 2.45) is 5.10 Å². The van der Waals surface area contributed by atoms with E-state index in [9.17, 15) is 9.59 Å². The molecule has 2 heterocycles. The van der Waals surface area contributed by atoms with E-state index in [1.165, 1.54) is 10.6 Å². The molecular formula is C17H22N4O2. The molecule has 23 heavy (non-hydrogen) atoms. The third-order valence-corrected chi connectivity index (χ3v) is 4.33. The SMILES string of the molecule is CN1N=C(C(=O)NC2CCN(Cc3ccccc3)C2)CCC1=O. The van der Waals surface area contributed by atoms with Crippen molar-refractivity contribution in [3.8, 4) is 0 Å². The number of carbonyl (C=O) groups excluding carboxylic acids is 2. The number of carbonyl (C=O) groups is 2. The minimum Gasteiger partial charge on any atom is -0.347 e. The number of hydrogen-bond donors (Lipinski definition) is 1. The Kier molecular flexibility index (Phi) is 4.71. The molecule has 1 fully saturated rings. The second kappa shape index (κ2) is 6.91. The van der Waals surface area contributed by atoms with Crippen LogP contribution in [-0.2, 0) is 16.1 Å². The number of nitrogens with zero attached hydrogens (tertiary/aromatic N) is 3. The van der Waals surface area contributed by atoms with Crippen LogP contribution < -0.4 is 5.32 Å². The van der Waals surface area contributed by atoms with Gasteiger partial charge in [-0.3, -0.25) is 14.5 Å². The number of amides is 2. The van der Waals surface area contributed by atoms with Gasteiger partial charge in [-0.25, -0.2) is 5.01 Å². The van der Waals surface area contributed by atoms with Gasteiger partial charge >= 0.3 is 0 Å². The van der Waals surface area contributed by atoms with Gasteiger partial charge in [0.1, 0.15) is 5.71 Å². The van der Waals surface area contributed by atoms with Crippen LogP contribution in [0, 0.1) is 0 Å². The summed E-state index contributed by atoms with van der Waals surface area (Å²) >= 11 is 0. The number of rotatable bonds is 4. The third-order valence-electron chi connectivity index (χ3n) is 4.33. The van der Waals surface area contributed by atoms with Crippen LogP contribution in [0.1, 0.15) is 24.8 Å². The Labute approximate surface area is 136 Å². The second-order valence-corrected chi connectivity index (χ2v) is 6.14. The number of hydrazone groups is 1. The largest absolute Gasteiger partial charge is 0.347 e. The Morgan fingerprint density at radius 3 is 2.83 bits per heavy atom. The molecule has 3 rings (SSSR count). The third kappa shape index (κ3) is 3.96. The summed E-state index contributed by atoms with van der Waals surface area (Å²) in [7, 11) is 1.59. The lowest BCUT2D eigenvalue weighted by atomic mass is 10.1. The molecule has 0 bridgehead atoms. The smallest absolute Gasteiger partial charge is 0.267 e. The minimum atomic E-state index is -0.143. The standard InChI is InChI=1S/C17H22N4O2/c1-20-16(22)8-7-15(19-20)17(23)18-14-9-10-21(12-14)11-13-5-3-2-4-6-13/h2-6,14H,7-12H2,1H3,(H,18,23). The lowest BCUT2D eigenvalue weighted by Gasteiger charge is -2.21. The van der Waals surface area contributed by atoms with E-state index >= 15 is 0 Å². The van der Waals surface area contributed by atoms with Crippen LogP contribution in [0.3, 0.4) is 0 Å². The second-order valence-electron chi connectivity index (χ2n) is 6.14. The van der Waals surface area contributed by atoms with Crippen molar-refractivity contribution in [2.75, 3.05) is 20.1 Å². The molecule has 2 aliphatic rings. The van der Waals surface area contributed by atoms with Crippen molar-refractivity contribution in [3.05, 3.63) is 35.9 Å². The Balaban J connectivity index is 1.51. The van der Waals surface area contributed by atoms with Gasteiger partial charge in [0.15, 0.2) is 0 Å². The Bertz CT molecular complexity index is 614. The minimum absolute atomic E-state index is 0.0450. The molecular weight excluding hydrogens is 292 g/mol. The van der Waals surface area contributed by atoms with Crippen molar-refractivity contribution >= 4 is 17.5 Å². The van der Waals surface area contributed by atoms with Crippen molar-refractivity contribution in [2.45, 2.75) is 31.8 Å². The fourth-order valence-corrected chi connectivity index (χ4v) is 3.04. The summed E-state index contributed by atoms with van der Waals surface area (Å²) in [5.74, 6) is -0.188. The maximum Gasteiger partial charge on any atom is 0.267 e. The molecule has 6 heteroatoms. The summed E-state index contributed by atoms with van der Waals surface area (Å²) in [5, 5.41) is 8.38. The molecule has 1 saturated heterocycles. The summed E-state index contributed by atoms with van der Waals surface area (Å²) in [6, 6.07) is 10.5. The molecule has 0 saturated carbocycles. The van der Waals surface area contributed by atoms with Crippen LogP contribution in [0.15, 0.2) is 35.4 Å². The molecule has 0 aliphatic carbocycles. The lowest BCUT2D eigenvalue weighted by Crippen LogP contribution is -2.43. The summed E-state index contributed by atoms with van der Waals surface area (Å²) in [4.78, 5) is 26.0. The predicted octanol–water partition coefficient (Wildman–Crippen LogP) is 0.985. The van der Waals surface area contributed by atoms with Gasteiger partial charge in [-0.15, -0.1) is 0 Å². The van der Waals surface area contributed by atoms with E-state index in [4.69, 9.17) is 0 Å². The van der Waals surface area contributed by atoms with Crippen molar-refractivity contribution in [1.29, 1.82) is 0 Å². The predicted molar refractivity (Wildman–Crippen MR) is 87.7 cm³/mol. The van der Waals surface area contributed by atoms with Crippen LogP contribution >= 0.6 is 0 Å². The molecule has 2 aliphatic heterocycles. The van der Waals surface area contributed by atoms with E-state index < -0.39 is 0 Å². The van der Waals surface area contributed by atoms with Gasteiger partial charge in [-0.1, -0.05) is 30.3 Å².